The zero-order valence-electron chi connectivity index (χ0n) is 23.0. The predicted molar refractivity (Wildman–Crippen MR) is 154 cm³/mol. The SMILES string of the molecule is CCCn1c(=O)c2c(nc(Cc3ccccc3)n2CCNCC(O)CC)n(CCc2ccc([N+](=O)[O-])cc2)c1=O. The fourth-order valence-electron chi connectivity index (χ4n) is 4.74. The van der Waals surface area contributed by atoms with E-state index in [-0.39, 0.29) is 24.3 Å². The average Bonchev–Trinajstić information content (AvgIpc) is 3.31. The number of nitrogens with zero attached hydrogens (tertiary/aromatic N) is 5. The van der Waals surface area contributed by atoms with Gasteiger partial charge < -0.3 is 15.0 Å². The van der Waals surface area contributed by atoms with E-state index in [0.29, 0.717) is 62.3 Å². The van der Waals surface area contributed by atoms with Crippen molar-refractivity contribution in [1.29, 1.82) is 0 Å². The number of rotatable bonds is 14. The minimum absolute atomic E-state index is 0.00386. The van der Waals surface area contributed by atoms with Gasteiger partial charge in [0, 0.05) is 51.3 Å². The van der Waals surface area contributed by atoms with Crippen molar-refractivity contribution in [3.63, 3.8) is 0 Å². The first kappa shape index (κ1) is 28.9. The third kappa shape index (κ3) is 6.54. The molecule has 0 saturated carbocycles. The van der Waals surface area contributed by atoms with E-state index in [2.05, 4.69) is 5.32 Å². The average molecular weight is 549 g/mol. The summed E-state index contributed by atoms with van der Waals surface area (Å²) < 4.78 is 4.72. The Morgan fingerprint density at radius 1 is 0.950 bits per heavy atom. The van der Waals surface area contributed by atoms with Gasteiger partial charge in [-0.2, -0.15) is 0 Å². The zero-order valence-corrected chi connectivity index (χ0v) is 23.0. The molecule has 0 spiro atoms. The molecule has 4 aromatic rings. The smallest absolute Gasteiger partial charge is 0.332 e. The molecule has 2 N–H and O–H groups in total. The maximum absolute atomic E-state index is 13.7. The highest BCUT2D eigenvalue weighted by Crippen LogP contribution is 2.17. The number of non-ortho nitro benzene ring substituents is 1. The van der Waals surface area contributed by atoms with Gasteiger partial charge in [-0.25, -0.2) is 9.78 Å². The van der Waals surface area contributed by atoms with E-state index in [1.54, 1.807) is 16.7 Å². The second-order valence-corrected chi connectivity index (χ2v) is 9.85. The Morgan fingerprint density at radius 2 is 1.68 bits per heavy atom. The van der Waals surface area contributed by atoms with E-state index in [1.807, 2.05) is 48.7 Å². The topological polar surface area (TPSA) is 137 Å². The number of fused-ring (bicyclic) bond motifs is 1. The quantitative estimate of drug-likeness (QED) is 0.140. The van der Waals surface area contributed by atoms with Crippen LogP contribution in [0.4, 0.5) is 5.69 Å². The van der Waals surface area contributed by atoms with Crippen LogP contribution in [0.15, 0.2) is 64.2 Å². The van der Waals surface area contributed by atoms with Crippen molar-refractivity contribution in [2.24, 2.45) is 0 Å². The van der Waals surface area contributed by atoms with Crippen LogP contribution >= 0.6 is 0 Å². The number of aromatic nitrogens is 4. The van der Waals surface area contributed by atoms with Gasteiger partial charge in [-0.05, 0) is 30.4 Å². The van der Waals surface area contributed by atoms with Crippen molar-refractivity contribution in [2.45, 2.75) is 65.3 Å². The summed E-state index contributed by atoms with van der Waals surface area (Å²) in [5.74, 6) is 0.675. The van der Waals surface area contributed by atoms with E-state index < -0.39 is 16.7 Å². The number of hydrogen-bond acceptors (Lipinski definition) is 7. The molecule has 2 aromatic heterocycles. The van der Waals surface area contributed by atoms with E-state index >= 15 is 0 Å². The first-order valence-electron chi connectivity index (χ1n) is 13.7. The van der Waals surface area contributed by atoms with Gasteiger partial charge in [0.15, 0.2) is 11.2 Å². The van der Waals surface area contributed by atoms with Crippen LogP contribution < -0.4 is 16.6 Å². The molecule has 11 nitrogen and oxygen atoms in total. The number of aliphatic hydroxyl groups is 1. The second-order valence-electron chi connectivity index (χ2n) is 9.85. The lowest BCUT2D eigenvalue weighted by molar-refractivity contribution is -0.384. The van der Waals surface area contributed by atoms with Crippen LogP contribution in [-0.4, -0.2) is 47.9 Å². The Morgan fingerprint density at radius 3 is 2.33 bits per heavy atom. The van der Waals surface area contributed by atoms with E-state index in [4.69, 9.17) is 4.98 Å². The maximum Gasteiger partial charge on any atom is 0.332 e. The van der Waals surface area contributed by atoms with E-state index in [0.717, 1.165) is 11.1 Å². The molecule has 2 heterocycles. The summed E-state index contributed by atoms with van der Waals surface area (Å²) in [7, 11) is 0. The van der Waals surface area contributed by atoms with Crippen LogP contribution in [0.2, 0.25) is 0 Å². The number of nitro benzene ring substituents is 1. The number of nitrogens with one attached hydrogen (secondary N) is 1. The molecule has 212 valence electrons. The number of hydrogen-bond donors (Lipinski definition) is 2. The van der Waals surface area contributed by atoms with Crippen molar-refractivity contribution in [3.05, 3.63) is 103 Å². The van der Waals surface area contributed by atoms with Gasteiger partial charge >= 0.3 is 5.69 Å². The van der Waals surface area contributed by atoms with Gasteiger partial charge in [-0.15, -0.1) is 0 Å². The number of nitro groups is 1. The third-order valence-electron chi connectivity index (χ3n) is 6.98. The number of aliphatic hydroxyl groups excluding tert-OH is 1. The van der Waals surface area contributed by atoms with E-state index in [1.165, 1.54) is 16.7 Å². The van der Waals surface area contributed by atoms with Crippen LogP contribution in [0.5, 0.6) is 0 Å². The molecule has 0 amide bonds. The van der Waals surface area contributed by atoms with Crippen LogP contribution in [0.1, 0.15) is 43.6 Å². The lowest BCUT2D eigenvalue weighted by Crippen LogP contribution is -2.41. The zero-order chi connectivity index (χ0) is 28.6. The normalized spacial score (nSPS) is 12.2. The van der Waals surface area contributed by atoms with E-state index in [9.17, 15) is 24.8 Å². The molecule has 4 rings (SSSR count). The monoisotopic (exact) mass is 548 g/mol. The van der Waals surface area contributed by atoms with Gasteiger partial charge in [0.05, 0.1) is 11.0 Å². The fraction of sp³-hybridized carbons (Fsp3) is 0.414. The van der Waals surface area contributed by atoms with Gasteiger partial charge in [-0.3, -0.25) is 24.0 Å². The Hall–Kier alpha value is -4.09. The molecule has 1 atom stereocenters. The van der Waals surface area contributed by atoms with Gasteiger partial charge in [0.2, 0.25) is 0 Å². The predicted octanol–water partition coefficient (Wildman–Crippen LogP) is 2.87. The van der Waals surface area contributed by atoms with Crippen molar-refractivity contribution < 1.29 is 10.0 Å². The molecule has 0 saturated heterocycles. The van der Waals surface area contributed by atoms with Gasteiger partial charge in [0.25, 0.3) is 11.2 Å². The molecule has 0 aliphatic heterocycles. The Bertz CT molecular complexity index is 1560. The molecule has 40 heavy (non-hydrogen) atoms. The largest absolute Gasteiger partial charge is 0.392 e. The summed E-state index contributed by atoms with van der Waals surface area (Å²) in [6.07, 6.45) is 1.73. The van der Waals surface area contributed by atoms with Crippen LogP contribution in [0.3, 0.4) is 0 Å². The molecule has 0 radical (unpaired) electrons. The number of benzene rings is 2. The van der Waals surface area contributed by atoms with Crippen LogP contribution in [-0.2, 0) is 32.5 Å². The maximum atomic E-state index is 13.7. The summed E-state index contributed by atoms with van der Waals surface area (Å²) in [6, 6.07) is 16.1. The van der Waals surface area contributed by atoms with Crippen LogP contribution in [0.25, 0.3) is 11.2 Å². The molecule has 2 aromatic carbocycles. The molecule has 1 unspecified atom stereocenters. The van der Waals surface area contributed by atoms with Crippen molar-refractivity contribution in [1.82, 2.24) is 24.0 Å². The summed E-state index contributed by atoms with van der Waals surface area (Å²) in [5.41, 5.74) is 1.80. The summed E-state index contributed by atoms with van der Waals surface area (Å²) in [4.78, 5) is 42.7. The second kappa shape index (κ2) is 13.3. The minimum atomic E-state index is -0.449. The highest BCUT2D eigenvalue weighted by atomic mass is 16.6. The molecular weight excluding hydrogens is 512 g/mol. The molecule has 11 heteroatoms. The third-order valence-corrected chi connectivity index (χ3v) is 6.98. The van der Waals surface area contributed by atoms with Crippen molar-refractivity contribution in [2.75, 3.05) is 13.1 Å². The molecule has 0 aliphatic carbocycles. The summed E-state index contributed by atoms with van der Waals surface area (Å²) >= 11 is 0. The van der Waals surface area contributed by atoms with Crippen molar-refractivity contribution >= 4 is 16.9 Å². The summed E-state index contributed by atoms with van der Waals surface area (Å²) in [5, 5.41) is 24.2. The lowest BCUT2D eigenvalue weighted by Gasteiger charge is -2.14. The Kier molecular flexibility index (Phi) is 9.62. The standard InChI is InChI=1S/C29H36N6O5/c1-3-16-34-28(37)26-27(33(29(34)38)17-14-21-10-12-23(13-11-21)35(39)40)31-25(19-22-8-6-5-7-9-22)32(26)18-15-30-20-24(36)4-2/h5-13,24,30,36H,3-4,14-20H2,1-2H3. The Labute approximate surface area is 231 Å². The molecule has 0 aliphatic rings. The molecular formula is C29H36N6O5. The van der Waals surface area contributed by atoms with Crippen LogP contribution in [0, 0.1) is 10.1 Å². The first-order chi connectivity index (χ1) is 19.3. The highest BCUT2D eigenvalue weighted by molar-refractivity contribution is 5.71. The number of aryl methyl sites for hydroxylation is 2. The highest BCUT2D eigenvalue weighted by Gasteiger charge is 2.22. The summed E-state index contributed by atoms with van der Waals surface area (Å²) in [6.45, 7) is 5.77. The lowest BCUT2D eigenvalue weighted by atomic mass is 10.1. The first-order valence-corrected chi connectivity index (χ1v) is 13.7. The molecule has 0 bridgehead atoms. The Balaban J connectivity index is 1.78. The number of imidazole rings is 1. The minimum Gasteiger partial charge on any atom is -0.392 e. The van der Waals surface area contributed by atoms with Gasteiger partial charge in [-0.1, -0.05) is 56.3 Å². The van der Waals surface area contributed by atoms with Crippen molar-refractivity contribution in [3.8, 4) is 0 Å². The van der Waals surface area contributed by atoms with Gasteiger partial charge in [0.1, 0.15) is 5.82 Å². The molecule has 0 fully saturated rings. The fourth-order valence-corrected chi connectivity index (χ4v) is 4.74.